The van der Waals surface area contributed by atoms with Gasteiger partial charge in [0, 0.05) is 29.6 Å². The molecule has 0 aliphatic rings. The van der Waals surface area contributed by atoms with E-state index in [-0.39, 0.29) is 12.2 Å². The normalized spacial score (nSPS) is 10.9. The van der Waals surface area contributed by atoms with Gasteiger partial charge in [-0.15, -0.1) is 0 Å². The fraction of sp³-hybridized carbons (Fsp3) is 0.0667. The summed E-state index contributed by atoms with van der Waals surface area (Å²) in [6, 6.07) is 8.62. The molecule has 0 saturated heterocycles. The first-order valence-corrected chi connectivity index (χ1v) is 5.98. The van der Waals surface area contributed by atoms with E-state index >= 15 is 0 Å². The molecule has 1 heterocycles. The van der Waals surface area contributed by atoms with E-state index in [1.807, 2.05) is 18.2 Å². The lowest BCUT2D eigenvalue weighted by Gasteiger charge is -2.08. The summed E-state index contributed by atoms with van der Waals surface area (Å²) in [4.78, 5) is 0. The van der Waals surface area contributed by atoms with E-state index in [0.717, 1.165) is 10.9 Å². The van der Waals surface area contributed by atoms with Crippen molar-refractivity contribution in [3.63, 3.8) is 0 Å². The standard InChI is InChI=1S/C15H10F3NO/c16-10-5-12(17)15(13(18)6-10)19-7-9-8-20-14-4-2-1-3-11(9)14/h1-6,8,19H,7H2. The van der Waals surface area contributed by atoms with Crippen LogP contribution >= 0.6 is 0 Å². The van der Waals surface area contributed by atoms with E-state index in [4.69, 9.17) is 4.42 Å². The fourth-order valence-corrected chi connectivity index (χ4v) is 2.06. The van der Waals surface area contributed by atoms with Gasteiger partial charge in [-0.2, -0.15) is 0 Å². The molecular weight excluding hydrogens is 267 g/mol. The molecule has 2 nitrogen and oxygen atoms in total. The van der Waals surface area contributed by atoms with Gasteiger partial charge in [-0.05, 0) is 6.07 Å². The minimum atomic E-state index is -0.963. The van der Waals surface area contributed by atoms with Crippen LogP contribution in [0, 0.1) is 17.5 Å². The van der Waals surface area contributed by atoms with Gasteiger partial charge in [0.1, 0.15) is 17.1 Å². The number of halogens is 3. The summed E-state index contributed by atoms with van der Waals surface area (Å²) >= 11 is 0. The smallest absolute Gasteiger partial charge is 0.152 e. The number of para-hydroxylation sites is 1. The maximum atomic E-state index is 13.5. The average Bonchev–Trinajstić information content (AvgIpc) is 2.81. The van der Waals surface area contributed by atoms with Crippen LogP contribution in [0.5, 0.6) is 0 Å². The molecule has 5 heteroatoms. The molecule has 20 heavy (non-hydrogen) atoms. The van der Waals surface area contributed by atoms with Crippen molar-refractivity contribution in [3.8, 4) is 0 Å². The monoisotopic (exact) mass is 277 g/mol. The van der Waals surface area contributed by atoms with Gasteiger partial charge in [-0.1, -0.05) is 18.2 Å². The zero-order valence-corrected chi connectivity index (χ0v) is 10.3. The first-order valence-electron chi connectivity index (χ1n) is 5.98. The largest absolute Gasteiger partial charge is 0.464 e. The average molecular weight is 277 g/mol. The number of rotatable bonds is 3. The van der Waals surface area contributed by atoms with Crippen LogP contribution in [0.4, 0.5) is 18.9 Å². The number of hydrogen-bond acceptors (Lipinski definition) is 2. The van der Waals surface area contributed by atoms with Gasteiger partial charge in [0.15, 0.2) is 11.6 Å². The number of fused-ring (bicyclic) bond motifs is 1. The first-order chi connectivity index (χ1) is 9.65. The van der Waals surface area contributed by atoms with E-state index in [1.54, 1.807) is 6.07 Å². The Balaban J connectivity index is 1.87. The summed E-state index contributed by atoms with van der Waals surface area (Å²) in [6.45, 7) is 0.177. The van der Waals surface area contributed by atoms with Crippen LogP contribution in [-0.4, -0.2) is 0 Å². The lowest BCUT2D eigenvalue weighted by atomic mass is 10.1. The highest BCUT2D eigenvalue weighted by molar-refractivity contribution is 5.81. The van der Waals surface area contributed by atoms with E-state index in [0.29, 0.717) is 17.7 Å². The molecule has 0 spiro atoms. The molecule has 3 rings (SSSR count). The highest BCUT2D eigenvalue weighted by Crippen LogP contribution is 2.24. The molecule has 0 unspecified atom stereocenters. The highest BCUT2D eigenvalue weighted by atomic mass is 19.1. The van der Waals surface area contributed by atoms with Gasteiger partial charge < -0.3 is 9.73 Å². The van der Waals surface area contributed by atoms with Crippen molar-refractivity contribution in [2.75, 3.05) is 5.32 Å². The molecule has 0 fully saturated rings. The van der Waals surface area contributed by atoms with Crippen molar-refractivity contribution in [2.45, 2.75) is 6.54 Å². The molecule has 3 aromatic rings. The summed E-state index contributed by atoms with van der Waals surface area (Å²) in [5.74, 6) is -2.87. The zero-order chi connectivity index (χ0) is 14.1. The van der Waals surface area contributed by atoms with Gasteiger partial charge in [0.25, 0.3) is 0 Å². The highest BCUT2D eigenvalue weighted by Gasteiger charge is 2.12. The van der Waals surface area contributed by atoms with E-state index < -0.39 is 17.5 Å². The topological polar surface area (TPSA) is 25.2 Å². The Hall–Kier alpha value is -2.43. The third kappa shape index (κ3) is 2.22. The molecule has 0 aliphatic heterocycles. The molecule has 0 atom stereocenters. The molecule has 0 radical (unpaired) electrons. The maximum Gasteiger partial charge on any atom is 0.152 e. The second-order valence-electron chi connectivity index (χ2n) is 4.36. The Morgan fingerprint density at radius 2 is 1.70 bits per heavy atom. The lowest BCUT2D eigenvalue weighted by Crippen LogP contribution is -2.04. The van der Waals surface area contributed by atoms with E-state index in [1.165, 1.54) is 6.26 Å². The van der Waals surface area contributed by atoms with Crippen molar-refractivity contribution in [2.24, 2.45) is 0 Å². The molecule has 1 aromatic heterocycles. The SMILES string of the molecule is Fc1cc(F)c(NCc2coc3ccccc23)c(F)c1. The maximum absolute atomic E-state index is 13.5. The summed E-state index contributed by atoms with van der Waals surface area (Å²) in [5, 5.41) is 3.49. The van der Waals surface area contributed by atoms with Crippen LogP contribution in [0.25, 0.3) is 11.0 Å². The third-order valence-electron chi connectivity index (χ3n) is 3.02. The lowest BCUT2D eigenvalue weighted by molar-refractivity contribution is 0.547. The zero-order valence-electron chi connectivity index (χ0n) is 10.3. The Labute approximate surface area is 112 Å². The second kappa shape index (κ2) is 4.92. The quantitative estimate of drug-likeness (QED) is 0.764. The molecule has 0 saturated carbocycles. The Morgan fingerprint density at radius 1 is 1.00 bits per heavy atom. The van der Waals surface area contributed by atoms with Crippen molar-refractivity contribution >= 4 is 16.7 Å². The van der Waals surface area contributed by atoms with E-state index in [9.17, 15) is 13.2 Å². The second-order valence-corrected chi connectivity index (χ2v) is 4.36. The molecule has 102 valence electrons. The first kappa shape index (κ1) is 12.6. The minimum Gasteiger partial charge on any atom is -0.464 e. The van der Waals surface area contributed by atoms with Gasteiger partial charge in [0.05, 0.1) is 6.26 Å². The number of furan rings is 1. The van der Waals surface area contributed by atoms with Gasteiger partial charge in [-0.3, -0.25) is 0 Å². The van der Waals surface area contributed by atoms with Crippen molar-refractivity contribution < 1.29 is 17.6 Å². The fourth-order valence-electron chi connectivity index (χ4n) is 2.06. The predicted octanol–water partition coefficient (Wildman–Crippen LogP) is 4.46. The van der Waals surface area contributed by atoms with Crippen LogP contribution < -0.4 is 5.32 Å². The molecular formula is C15H10F3NO. The molecule has 0 aliphatic carbocycles. The van der Waals surface area contributed by atoms with Crippen LogP contribution in [0.2, 0.25) is 0 Å². The van der Waals surface area contributed by atoms with Crippen molar-refractivity contribution in [1.29, 1.82) is 0 Å². The summed E-state index contributed by atoms with van der Waals surface area (Å²) < 4.78 is 45.1. The molecule has 2 aromatic carbocycles. The Kier molecular flexibility index (Phi) is 3.10. The molecule has 1 N–H and O–H groups in total. The predicted molar refractivity (Wildman–Crippen MR) is 69.9 cm³/mol. The van der Waals surface area contributed by atoms with Crippen LogP contribution in [0.15, 0.2) is 47.1 Å². The van der Waals surface area contributed by atoms with Gasteiger partial charge in [0.2, 0.25) is 0 Å². The van der Waals surface area contributed by atoms with Crippen LogP contribution in [-0.2, 0) is 6.54 Å². The molecule has 0 bridgehead atoms. The minimum absolute atomic E-state index is 0.177. The number of anilines is 1. The third-order valence-corrected chi connectivity index (χ3v) is 3.02. The number of hydrogen-bond donors (Lipinski definition) is 1. The number of benzene rings is 2. The Bertz CT molecular complexity index is 744. The summed E-state index contributed by atoms with van der Waals surface area (Å²) in [7, 11) is 0. The van der Waals surface area contributed by atoms with Crippen LogP contribution in [0.3, 0.4) is 0 Å². The van der Waals surface area contributed by atoms with E-state index in [2.05, 4.69) is 5.32 Å². The van der Waals surface area contributed by atoms with Gasteiger partial charge >= 0.3 is 0 Å². The Morgan fingerprint density at radius 3 is 2.45 bits per heavy atom. The van der Waals surface area contributed by atoms with Crippen molar-refractivity contribution in [3.05, 3.63) is 65.7 Å². The summed E-state index contributed by atoms with van der Waals surface area (Å²) in [5.41, 5.74) is 1.12. The van der Waals surface area contributed by atoms with Gasteiger partial charge in [-0.25, -0.2) is 13.2 Å². The summed E-state index contributed by atoms with van der Waals surface area (Å²) in [6.07, 6.45) is 1.52. The van der Waals surface area contributed by atoms with Crippen molar-refractivity contribution in [1.82, 2.24) is 0 Å². The number of nitrogens with one attached hydrogen (secondary N) is 1. The molecule has 0 amide bonds. The van der Waals surface area contributed by atoms with Crippen LogP contribution in [0.1, 0.15) is 5.56 Å².